The molecule has 0 unspecified atom stereocenters. The van der Waals surface area contributed by atoms with Crippen LogP contribution in [0.3, 0.4) is 0 Å². The van der Waals surface area contributed by atoms with Crippen LogP contribution in [0, 0.1) is 0 Å². The van der Waals surface area contributed by atoms with Gasteiger partial charge in [-0.05, 0) is 43.7 Å². The van der Waals surface area contributed by atoms with E-state index in [0.717, 1.165) is 18.6 Å². The van der Waals surface area contributed by atoms with Gasteiger partial charge in [0.1, 0.15) is 5.75 Å². The molecule has 2 rings (SSSR count). The molecule has 0 saturated heterocycles. The lowest BCUT2D eigenvalue weighted by molar-refractivity contribution is -0.137. The Balaban J connectivity index is 1.94. The highest BCUT2D eigenvalue weighted by atomic mass is 19.4. The number of rotatable bonds is 6. The molecular weight excluding hydrogens is 333 g/mol. The Labute approximate surface area is 143 Å². The van der Waals surface area contributed by atoms with Crippen molar-refractivity contribution in [3.8, 4) is 11.6 Å². The van der Waals surface area contributed by atoms with Gasteiger partial charge in [0.2, 0.25) is 5.88 Å². The van der Waals surface area contributed by atoms with E-state index in [1.54, 1.807) is 24.3 Å². The number of hydrogen-bond acceptors (Lipinski definition) is 3. The van der Waals surface area contributed by atoms with Crippen molar-refractivity contribution >= 4 is 5.91 Å². The SMILES string of the molecule is C/C=C/CCNC(=O)c1ccc(Oc2ccc(C(F)(F)F)cn2)cc1. The first kappa shape index (κ1) is 18.5. The van der Waals surface area contributed by atoms with Crippen LogP contribution in [-0.2, 0) is 6.18 Å². The molecule has 1 amide bonds. The fourth-order valence-corrected chi connectivity index (χ4v) is 1.94. The zero-order valence-corrected chi connectivity index (χ0v) is 13.5. The summed E-state index contributed by atoms with van der Waals surface area (Å²) in [4.78, 5) is 15.5. The number of ether oxygens (including phenoxy) is 1. The molecule has 1 aromatic carbocycles. The lowest BCUT2D eigenvalue weighted by Gasteiger charge is -2.08. The normalized spacial score (nSPS) is 11.5. The average molecular weight is 350 g/mol. The van der Waals surface area contributed by atoms with Crippen molar-refractivity contribution in [1.82, 2.24) is 10.3 Å². The van der Waals surface area contributed by atoms with Crippen LogP contribution in [0.25, 0.3) is 0 Å². The fraction of sp³-hybridized carbons (Fsp3) is 0.222. The molecule has 0 fully saturated rings. The van der Waals surface area contributed by atoms with Crippen LogP contribution < -0.4 is 10.1 Å². The second-order valence-corrected chi connectivity index (χ2v) is 5.12. The van der Waals surface area contributed by atoms with Crippen molar-refractivity contribution < 1.29 is 22.7 Å². The number of carbonyl (C=O) groups excluding carboxylic acids is 1. The first-order chi connectivity index (χ1) is 11.9. The molecule has 7 heteroatoms. The van der Waals surface area contributed by atoms with Crippen LogP contribution >= 0.6 is 0 Å². The maximum atomic E-state index is 12.5. The van der Waals surface area contributed by atoms with Crippen molar-refractivity contribution in [1.29, 1.82) is 0 Å². The Kier molecular flexibility index (Phi) is 6.16. The van der Waals surface area contributed by atoms with Crippen LogP contribution in [0.4, 0.5) is 13.2 Å². The topological polar surface area (TPSA) is 51.2 Å². The van der Waals surface area contributed by atoms with Crippen molar-refractivity contribution in [2.45, 2.75) is 19.5 Å². The van der Waals surface area contributed by atoms with Crippen LogP contribution in [0.5, 0.6) is 11.6 Å². The molecule has 25 heavy (non-hydrogen) atoms. The van der Waals surface area contributed by atoms with Crippen molar-refractivity contribution in [3.63, 3.8) is 0 Å². The van der Waals surface area contributed by atoms with Crippen LogP contribution in [0.2, 0.25) is 0 Å². The third-order valence-electron chi connectivity index (χ3n) is 3.23. The Bertz CT molecular complexity index is 723. The summed E-state index contributed by atoms with van der Waals surface area (Å²) in [6.07, 6.45) is 0.889. The van der Waals surface area contributed by atoms with E-state index in [1.807, 2.05) is 19.1 Å². The van der Waals surface area contributed by atoms with Crippen molar-refractivity contribution in [3.05, 3.63) is 65.9 Å². The van der Waals surface area contributed by atoms with Crippen LogP contribution in [0.1, 0.15) is 29.3 Å². The number of amides is 1. The largest absolute Gasteiger partial charge is 0.439 e. The van der Waals surface area contributed by atoms with Gasteiger partial charge in [0.15, 0.2) is 0 Å². The van der Waals surface area contributed by atoms with Gasteiger partial charge in [-0.15, -0.1) is 0 Å². The van der Waals surface area contributed by atoms with Crippen LogP contribution in [-0.4, -0.2) is 17.4 Å². The van der Waals surface area contributed by atoms with Gasteiger partial charge in [-0.25, -0.2) is 4.98 Å². The summed E-state index contributed by atoms with van der Waals surface area (Å²) < 4.78 is 42.8. The predicted molar refractivity (Wildman–Crippen MR) is 87.5 cm³/mol. The smallest absolute Gasteiger partial charge is 0.417 e. The molecule has 0 spiro atoms. The number of nitrogens with one attached hydrogen (secondary N) is 1. The predicted octanol–water partition coefficient (Wildman–Crippen LogP) is 4.59. The lowest BCUT2D eigenvalue weighted by atomic mass is 10.2. The highest BCUT2D eigenvalue weighted by molar-refractivity contribution is 5.94. The number of allylic oxidation sites excluding steroid dienone is 1. The Hall–Kier alpha value is -2.83. The molecule has 1 heterocycles. The minimum absolute atomic E-state index is 0.0385. The number of pyridine rings is 1. The molecule has 0 aliphatic carbocycles. The van der Waals surface area contributed by atoms with Gasteiger partial charge in [-0.3, -0.25) is 4.79 Å². The third-order valence-corrected chi connectivity index (χ3v) is 3.23. The summed E-state index contributed by atoms with van der Waals surface area (Å²) in [6, 6.07) is 8.30. The summed E-state index contributed by atoms with van der Waals surface area (Å²) in [5.74, 6) is 0.206. The summed E-state index contributed by atoms with van der Waals surface area (Å²) in [5.41, 5.74) is -0.377. The monoisotopic (exact) mass is 350 g/mol. The molecule has 0 aliphatic rings. The first-order valence-corrected chi connectivity index (χ1v) is 7.60. The molecule has 4 nitrogen and oxygen atoms in total. The summed E-state index contributed by atoms with van der Waals surface area (Å²) in [5, 5.41) is 2.77. The van der Waals surface area contributed by atoms with Gasteiger partial charge in [0.05, 0.1) is 5.56 Å². The fourth-order valence-electron chi connectivity index (χ4n) is 1.94. The molecule has 2 aromatic rings. The molecule has 0 aliphatic heterocycles. The minimum atomic E-state index is -4.44. The Morgan fingerprint density at radius 1 is 1.20 bits per heavy atom. The molecule has 0 atom stereocenters. The van der Waals surface area contributed by atoms with Gasteiger partial charge in [-0.2, -0.15) is 13.2 Å². The van der Waals surface area contributed by atoms with Gasteiger partial charge >= 0.3 is 6.18 Å². The van der Waals surface area contributed by atoms with E-state index in [2.05, 4.69) is 10.3 Å². The summed E-state index contributed by atoms with van der Waals surface area (Å²) in [6.45, 7) is 2.45. The first-order valence-electron chi connectivity index (χ1n) is 7.60. The van der Waals surface area contributed by atoms with E-state index in [9.17, 15) is 18.0 Å². The van der Waals surface area contributed by atoms with Gasteiger partial charge in [0, 0.05) is 24.4 Å². The second-order valence-electron chi connectivity index (χ2n) is 5.12. The maximum Gasteiger partial charge on any atom is 0.417 e. The third kappa shape index (κ3) is 5.63. The quantitative estimate of drug-likeness (QED) is 0.612. The van der Waals surface area contributed by atoms with Gasteiger partial charge in [0.25, 0.3) is 5.91 Å². The number of aromatic nitrogens is 1. The summed E-state index contributed by atoms with van der Waals surface area (Å²) in [7, 11) is 0. The Morgan fingerprint density at radius 3 is 2.48 bits per heavy atom. The molecule has 132 valence electrons. The number of benzene rings is 1. The highest BCUT2D eigenvalue weighted by Crippen LogP contribution is 2.30. The van der Waals surface area contributed by atoms with E-state index in [4.69, 9.17) is 4.74 Å². The second kappa shape index (κ2) is 8.32. The number of alkyl halides is 3. The summed E-state index contributed by atoms with van der Waals surface area (Å²) >= 11 is 0. The van der Waals surface area contributed by atoms with E-state index in [1.165, 1.54) is 0 Å². The molecule has 1 aromatic heterocycles. The zero-order chi connectivity index (χ0) is 18.3. The van der Waals surface area contributed by atoms with Crippen molar-refractivity contribution in [2.75, 3.05) is 6.54 Å². The maximum absolute atomic E-state index is 12.5. The average Bonchev–Trinajstić information content (AvgIpc) is 2.59. The Morgan fingerprint density at radius 2 is 1.92 bits per heavy atom. The highest BCUT2D eigenvalue weighted by Gasteiger charge is 2.30. The number of nitrogens with zero attached hydrogens (tertiary/aromatic N) is 1. The number of hydrogen-bond donors (Lipinski definition) is 1. The molecule has 0 bridgehead atoms. The van der Waals surface area contributed by atoms with Crippen LogP contribution in [0.15, 0.2) is 54.7 Å². The van der Waals surface area contributed by atoms with E-state index >= 15 is 0 Å². The van der Waals surface area contributed by atoms with E-state index < -0.39 is 11.7 Å². The minimum Gasteiger partial charge on any atom is -0.439 e. The van der Waals surface area contributed by atoms with Gasteiger partial charge in [-0.1, -0.05) is 12.2 Å². The molecule has 1 N–H and O–H groups in total. The zero-order valence-electron chi connectivity index (χ0n) is 13.5. The standard InChI is InChI=1S/C18H17F3N2O2/c1-2-3-4-11-22-17(24)13-5-8-15(9-6-13)25-16-10-7-14(12-23-16)18(19,20)21/h2-3,5-10,12H,4,11H2,1H3,(H,22,24)/b3-2+. The molecule has 0 saturated carbocycles. The van der Waals surface area contributed by atoms with Gasteiger partial charge < -0.3 is 10.1 Å². The number of carbonyl (C=O) groups is 1. The van der Waals surface area contributed by atoms with Crippen molar-refractivity contribution in [2.24, 2.45) is 0 Å². The number of halogens is 3. The molecule has 0 radical (unpaired) electrons. The molecular formula is C18H17F3N2O2. The van der Waals surface area contributed by atoms with E-state index in [-0.39, 0.29) is 11.8 Å². The van der Waals surface area contributed by atoms with E-state index in [0.29, 0.717) is 24.1 Å². The lowest BCUT2D eigenvalue weighted by Crippen LogP contribution is -2.23.